The van der Waals surface area contributed by atoms with Crippen molar-refractivity contribution in [3.63, 3.8) is 0 Å². The van der Waals surface area contributed by atoms with Crippen LogP contribution in [0.25, 0.3) is 0 Å². The maximum absolute atomic E-state index is 5.07. The number of nitrogens with one attached hydrogen (secondary N) is 1. The van der Waals surface area contributed by atoms with Gasteiger partial charge in [0.2, 0.25) is 0 Å². The van der Waals surface area contributed by atoms with Crippen LogP contribution in [0.2, 0.25) is 0 Å². The van der Waals surface area contributed by atoms with E-state index in [0.717, 1.165) is 32.8 Å². The molecular weight excluding hydrogens is 224 g/mol. The summed E-state index contributed by atoms with van der Waals surface area (Å²) >= 11 is 0. The molecule has 0 saturated heterocycles. The fourth-order valence-corrected chi connectivity index (χ4v) is 2.21. The zero-order valence-electron chi connectivity index (χ0n) is 11.9. The molecule has 1 rings (SSSR count). The zero-order valence-corrected chi connectivity index (χ0v) is 11.9. The van der Waals surface area contributed by atoms with E-state index in [2.05, 4.69) is 54.4 Å². The number of nitrogens with zero attached hydrogens (tertiary/aromatic N) is 1. The van der Waals surface area contributed by atoms with Crippen LogP contribution < -0.4 is 5.32 Å². The summed E-state index contributed by atoms with van der Waals surface area (Å²) < 4.78 is 5.07. The molecule has 1 aromatic rings. The molecule has 0 aliphatic rings. The monoisotopic (exact) mass is 250 g/mol. The second-order valence-electron chi connectivity index (χ2n) is 4.34. The average Bonchev–Trinajstić information content (AvgIpc) is 2.43. The fraction of sp³-hybridized carbons (Fsp3) is 0.600. The standard InChI is InChI=1S/C15H26N2O/c1-4-17(5-2)15(13-16-11-12-18-3)14-9-7-6-8-10-14/h6-10,15-16H,4-5,11-13H2,1-3H3. The Morgan fingerprint density at radius 1 is 1.17 bits per heavy atom. The van der Waals surface area contributed by atoms with Crippen LogP contribution in [-0.4, -0.2) is 44.8 Å². The Bertz CT molecular complexity index is 299. The molecule has 0 aromatic heterocycles. The molecule has 0 aliphatic carbocycles. The average molecular weight is 250 g/mol. The van der Waals surface area contributed by atoms with E-state index in [4.69, 9.17) is 4.74 Å². The number of likely N-dealkylation sites (N-methyl/N-ethyl adjacent to an activating group) is 1. The lowest BCUT2D eigenvalue weighted by molar-refractivity contribution is 0.184. The van der Waals surface area contributed by atoms with Crippen LogP contribution in [0, 0.1) is 0 Å². The Kier molecular flexibility index (Phi) is 7.65. The Morgan fingerprint density at radius 3 is 2.39 bits per heavy atom. The SMILES string of the molecule is CCN(CC)C(CNCCOC)c1ccccc1. The summed E-state index contributed by atoms with van der Waals surface area (Å²) in [5.74, 6) is 0. The lowest BCUT2D eigenvalue weighted by atomic mass is 10.1. The van der Waals surface area contributed by atoms with E-state index in [0.29, 0.717) is 6.04 Å². The maximum atomic E-state index is 5.07. The molecule has 0 spiro atoms. The highest BCUT2D eigenvalue weighted by molar-refractivity contribution is 5.19. The first-order chi connectivity index (χ1) is 8.83. The highest BCUT2D eigenvalue weighted by Crippen LogP contribution is 2.19. The predicted molar refractivity (Wildman–Crippen MR) is 76.8 cm³/mol. The summed E-state index contributed by atoms with van der Waals surface area (Å²) in [6.45, 7) is 9.21. The summed E-state index contributed by atoms with van der Waals surface area (Å²) in [6.07, 6.45) is 0. The number of hydrogen-bond acceptors (Lipinski definition) is 3. The first-order valence-corrected chi connectivity index (χ1v) is 6.82. The second-order valence-corrected chi connectivity index (χ2v) is 4.34. The van der Waals surface area contributed by atoms with Gasteiger partial charge in [0.15, 0.2) is 0 Å². The number of benzene rings is 1. The van der Waals surface area contributed by atoms with Crippen molar-refractivity contribution < 1.29 is 4.74 Å². The highest BCUT2D eigenvalue weighted by Gasteiger charge is 2.16. The number of rotatable bonds is 9. The van der Waals surface area contributed by atoms with Crippen molar-refractivity contribution in [2.24, 2.45) is 0 Å². The first kappa shape index (κ1) is 15.2. The maximum Gasteiger partial charge on any atom is 0.0587 e. The molecule has 18 heavy (non-hydrogen) atoms. The molecule has 3 heteroatoms. The molecule has 0 heterocycles. The van der Waals surface area contributed by atoms with Gasteiger partial charge in [0.05, 0.1) is 6.61 Å². The van der Waals surface area contributed by atoms with Gasteiger partial charge in [0, 0.05) is 26.2 Å². The van der Waals surface area contributed by atoms with Crippen molar-refractivity contribution in [3.8, 4) is 0 Å². The van der Waals surface area contributed by atoms with Crippen molar-refractivity contribution in [2.45, 2.75) is 19.9 Å². The van der Waals surface area contributed by atoms with Crippen LogP contribution in [0.4, 0.5) is 0 Å². The number of hydrogen-bond donors (Lipinski definition) is 1. The minimum absolute atomic E-state index is 0.443. The molecule has 0 amide bonds. The minimum Gasteiger partial charge on any atom is -0.383 e. The summed E-state index contributed by atoms with van der Waals surface area (Å²) in [7, 11) is 1.74. The molecule has 0 aliphatic heterocycles. The fourth-order valence-electron chi connectivity index (χ4n) is 2.21. The van der Waals surface area contributed by atoms with Gasteiger partial charge in [-0.2, -0.15) is 0 Å². The molecule has 1 atom stereocenters. The quantitative estimate of drug-likeness (QED) is 0.681. The summed E-state index contributed by atoms with van der Waals surface area (Å²) in [5.41, 5.74) is 1.38. The molecule has 0 radical (unpaired) electrons. The first-order valence-electron chi connectivity index (χ1n) is 6.82. The summed E-state index contributed by atoms with van der Waals surface area (Å²) in [5, 5.41) is 3.47. The van der Waals surface area contributed by atoms with Gasteiger partial charge in [-0.25, -0.2) is 0 Å². The van der Waals surface area contributed by atoms with Crippen molar-refractivity contribution >= 4 is 0 Å². The Hall–Kier alpha value is -0.900. The van der Waals surface area contributed by atoms with E-state index >= 15 is 0 Å². The van der Waals surface area contributed by atoms with E-state index in [9.17, 15) is 0 Å². The van der Waals surface area contributed by atoms with Crippen LogP contribution in [0.3, 0.4) is 0 Å². The van der Waals surface area contributed by atoms with Crippen molar-refractivity contribution in [2.75, 3.05) is 39.9 Å². The summed E-state index contributed by atoms with van der Waals surface area (Å²) in [6, 6.07) is 11.2. The van der Waals surface area contributed by atoms with E-state index in [-0.39, 0.29) is 0 Å². The molecule has 1 aromatic carbocycles. The van der Waals surface area contributed by atoms with E-state index < -0.39 is 0 Å². The molecule has 0 bridgehead atoms. The third kappa shape index (κ3) is 4.77. The largest absolute Gasteiger partial charge is 0.383 e. The Morgan fingerprint density at radius 2 is 1.83 bits per heavy atom. The minimum atomic E-state index is 0.443. The van der Waals surface area contributed by atoms with E-state index in [1.807, 2.05) is 0 Å². The van der Waals surface area contributed by atoms with Gasteiger partial charge in [-0.05, 0) is 18.7 Å². The van der Waals surface area contributed by atoms with Gasteiger partial charge in [-0.15, -0.1) is 0 Å². The van der Waals surface area contributed by atoms with Crippen LogP contribution >= 0.6 is 0 Å². The van der Waals surface area contributed by atoms with Crippen LogP contribution in [0.1, 0.15) is 25.5 Å². The Balaban J connectivity index is 2.63. The van der Waals surface area contributed by atoms with Crippen LogP contribution in [0.5, 0.6) is 0 Å². The second kappa shape index (κ2) is 9.09. The normalized spacial score (nSPS) is 12.9. The number of ether oxygens (including phenoxy) is 1. The predicted octanol–water partition coefficient (Wildman–Crippen LogP) is 2.31. The Labute approximate surface area is 111 Å². The van der Waals surface area contributed by atoms with Gasteiger partial charge in [-0.1, -0.05) is 44.2 Å². The zero-order chi connectivity index (χ0) is 13.2. The van der Waals surface area contributed by atoms with Crippen molar-refractivity contribution in [1.29, 1.82) is 0 Å². The summed E-state index contributed by atoms with van der Waals surface area (Å²) in [4.78, 5) is 2.48. The molecule has 3 nitrogen and oxygen atoms in total. The van der Waals surface area contributed by atoms with Crippen LogP contribution in [0.15, 0.2) is 30.3 Å². The van der Waals surface area contributed by atoms with E-state index in [1.54, 1.807) is 7.11 Å². The van der Waals surface area contributed by atoms with Gasteiger partial charge in [0.25, 0.3) is 0 Å². The van der Waals surface area contributed by atoms with E-state index in [1.165, 1.54) is 5.56 Å². The van der Waals surface area contributed by atoms with Crippen LogP contribution in [-0.2, 0) is 4.74 Å². The highest BCUT2D eigenvalue weighted by atomic mass is 16.5. The molecular formula is C15H26N2O. The van der Waals surface area contributed by atoms with Gasteiger partial charge in [0.1, 0.15) is 0 Å². The smallest absolute Gasteiger partial charge is 0.0587 e. The third-order valence-electron chi connectivity index (χ3n) is 3.26. The number of methoxy groups -OCH3 is 1. The molecule has 0 fully saturated rings. The van der Waals surface area contributed by atoms with Gasteiger partial charge in [-0.3, -0.25) is 4.90 Å². The lowest BCUT2D eigenvalue weighted by Crippen LogP contribution is -2.36. The molecule has 102 valence electrons. The van der Waals surface area contributed by atoms with Crippen molar-refractivity contribution in [1.82, 2.24) is 10.2 Å². The molecule has 1 N–H and O–H groups in total. The molecule has 0 saturated carbocycles. The van der Waals surface area contributed by atoms with Gasteiger partial charge >= 0.3 is 0 Å². The third-order valence-corrected chi connectivity index (χ3v) is 3.26. The van der Waals surface area contributed by atoms with Crippen molar-refractivity contribution in [3.05, 3.63) is 35.9 Å². The lowest BCUT2D eigenvalue weighted by Gasteiger charge is -2.30. The van der Waals surface area contributed by atoms with Gasteiger partial charge < -0.3 is 10.1 Å². The topological polar surface area (TPSA) is 24.5 Å². The molecule has 1 unspecified atom stereocenters.